The van der Waals surface area contributed by atoms with E-state index in [2.05, 4.69) is 5.32 Å². The summed E-state index contributed by atoms with van der Waals surface area (Å²) in [5, 5.41) is 2.51. The number of nitrogens with zero attached hydrogens (tertiary/aromatic N) is 1. The van der Waals surface area contributed by atoms with Crippen LogP contribution in [0, 0.1) is 0 Å². The molecule has 1 atom stereocenters. The number of carbonyl (C=O) groups is 2. The number of likely N-dealkylation sites (tertiary alicyclic amines) is 1. The van der Waals surface area contributed by atoms with Crippen molar-refractivity contribution in [1.29, 1.82) is 0 Å². The fourth-order valence-electron chi connectivity index (χ4n) is 1.65. The number of ether oxygens (including phenoxy) is 1. The van der Waals surface area contributed by atoms with Crippen molar-refractivity contribution in [3.8, 4) is 0 Å². The first-order valence-corrected chi connectivity index (χ1v) is 5.52. The summed E-state index contributed by atoms with van der Waals surface area (Å²) in [7, 11) is 0. The van der Waals surface area contributed by atoms with Gasteiger partial charge in [-0.15, -0.1) is 0 Å². The van der Waals surface area contributed by atoms with E-state index in [0.717, 1.165) is 19.5 Å². The summed E-state index contributed by atoms with van der Waals surface area (Å²) >= 11 is 0. The minimum Gasteiger partial charge on any atom is -0.465 e. The molecule has 6 nitrogen and oxygen atoms in total. The third-order valence-electron chi connectivity index (χ3n) is 2.41. The lowest BCUT2D eigenvalue weighted by Crippen LogP contribution is -2.39. The van der Waals surface area contributed by atoms with Crippen LogP contribution in [0.5, 0.6) is 0 Å². The van der Waals surface area contributed by atoms with E-state index in [9.17, 15) is 9.59 Å². The SMILES string of the molecule is CCOC(=O)CNC(=O)CN1CCC(N)C1. The molecule has 1 aliphatic rings. The van der Waals surface area contributed by atoms with Gasteiger partial charge in [0.15, 0.2) is 0 Å². The second kappa shape index (κ2) is 6.44. The molecule has 16 heavy (non-hydrogen) atoms. The number of carbonyl (C=O) groups excluding carboxylic acids is 2. The molecule has 0 aromatic carbocycles. The molecule has 0 aromatic rings. The molecule has 1 heterocycles. The van der Waals surface area contributed by atoms with Gasteiger partial charge in [-0.05, 0) is 13.3 Å². The molecule has 0 saturated carbocycles. The summed E-state index contributed by atoms with van der Waals surface area (Å²) in [6, 6.07) is 0.165. The Kier molecular flexibility index (Phi) is 5.21. The first-order valence-electron chi connectivity index (χ1n) is 5.52. The van der Waals surface area contributed by atoms with Crippen LogP contribution in [-0.4, -0.2) is 55.6 Å². The summed E-state index contributed by atoms with van der Waals surface area (Å²) in [4.78, 5) is 24.4. The third kappa shape index (κ3) is 4.59. The zero-order chi connectivity index (χ0) is 12.0. The maximum absolute atomic E-state index is 11.4. The predicted molar refractivity (Wildman–Crippen MR) is 58.7 cm³/mol. The standard InChI is InChI=1S/C10H19N3O3/c1-2-16-10(15)5-12-9(14)7-13-4-3-8(11)6-13/h8H,2-7,11H2,1H3,(H,12,14). The number of hydrogen-bond acceptors (Lipinski definition) is 5. The van der Waals surface area contributed by atoms with Gasteiger partial charge in [-0.1, -0.05) is 0 Å². The third-order valence-corrected chi connectivity index (χ3v) is 2.41. The quantitative estimate of drug-likeness (QED) is 0.572. The Labute approximate surface area is 95.1 Å². The second-order valence-corrected chi connectivity index (χ2v) is 3.87. The molecule has 1 unspecified atom stereocenters. The zero-order valence-electron chi connectivity index (χ0n) is 9.57. The predicted octanol–water partition coefficient (Wildman–Crippen LogP) is -1.30. The highest BCUT2D eigenvalue weighted by molar-refractivity contribution is 5.83. The van der Waals surface area contributed by atoms with Crippen molar-refractivity contribution in [2.45, 2.75) is 19.4 Å². The van der Waals surface area contributed by atoms with Gasteiger partial charge < -0.3 is 15.8 Å². The summed E-state index contributed by atoms with van der Waals surface area (Å²) in [6.07, 6.45) is 0.922. The van der Waals surface area contributed by atoms with Gasteiger partial charge in [0.05, 0.1) is 13.2 Å². The number of amides is 1. The minimum atomic E-state index is -0.408. The van der Waals surface area contributed by atoms with Gasteiger partial charge in [0.25, 0.3) is 0 Å². The molecule has 3 N–H and O–H groups in total. The van der Waals surface area contributed by atoms with Gasteiger partial charge in [-0.2, -0.15) is 0 Å². The van der Waals surface area contributed by atoms with Crippen molar-refractivity contribution in [3.05, 3.63) is 0 Å². The van der Waals surface area contributed by atoms with Crippen molar-refractivity contribution >= 4 is 11.9 Å². The van der Waals surface area contributed by atoms with Crippen LogP contribution in [0.15, 0.2) is 0 Å². The molecule has 1 saturated heterocycles. The molecule has 1 aliphatic heterocycles. The first kappa shape index (κ1) is 12.9. The van der Waals surface area contributed by atoms with Gasteiger partial charge in [0.2, 0.25) is 5.91 Å². The summed E-state index contributed by atoms with van der Waals surface area (Å²) < 4.78 is 4.69. The topological polar surface area (TPSA) is 84.7 Å². The highest BCUT2D eigenvalue weighted by Crippen LogP contribution is 2.05. The molecular formula is C10H19N3O3. The molecule has 0 aromatic heterocycles. The Morgan fingerprint density at radius 2 is 2.31 bits per heavy atom. The Bertz CT molecular complexity index is 258. The molecule has 1 rings (SSSR count). The number of nitrogens with one attached hydrogen (secondary N) is 1. The summed E-state index contributed by atoms with van der Waals surface area (Å²) in [5.41, 5.74) is 5.72. The van der Waals surface area contributed by atoms with E-state index in [-0.39, 0.29) is 18.5 Å². The van der Waals surface area contributed by atoms with E-state index in [0.29, 0.717) is 13.2 Å². The average Bonchev–Trinajstić information content (AvgIpc) is 2.61. The van der Waals surface area contributed by atoms with Crippen molar-refractivity contribution < 1.29 is 14.3 Å². The highest BCUT2D eigenvalue weighted by Gasteiger charge is 2.20. The van der Waals surface area contributed by atoms with Crippen LogP contribution in [0.3, 0.4) is 0 Å². The molecule has 0 bridgehead atoms. The number of rotatable bonds is 5. The van der Waals surface area contributed by atoms with Crippen LogP contribution in [-0.2, 0) is 14.3 Å². The average molecular weight is 229 g/mol. The van der Waals surface area contributed by atoms with E-state index in [4.69, 9.17) is 10.5 Å². The van der Waals surface area contributed by atoms with E-state index in [1.165, 1.54) is 0 Å². The number of nitrogens with two attached hydrogens (primary N) is 1. The lowest BCUT2D eigenvalue weighted by atomic mass is 10.3. The molecule has 1 fully saturated rings. The van der Waals surface area contributed by atoms with Crippen molar-refractivity contribution in [3.63, 3.8) is 0 Å². The maximum Gasteiger partial charge on any atom is 0.325 e. The fourth-order valence-corrected chi connectivity index (χ4v) is 1.65. The molecular weight excluding hydrogens is 210 g/mol. The molecule has 0 radical (unpaired) electrons. The Hall–Kier alpha value is -1.14. The summed E-state index contributed by atoms with van der Waals surface area (Å²) in [5.74, 6) is -0.573. The molecule has 6 heteroatoms. The Balaban J connectivity index is 2.13. The van der Waals surface area contributed by atoms with Crippen LogP contribution < -0.4 is 11.1 Å². The first-order chi connectivity index (χ1) is 7.61. The van der Waals surface area contributed by atoms with E-state index in [1.54, 1.807) is 6.92 Å². The van der Waals surface area contributed by atoms with Crippen LogP contribution in [0.25, 0.3) is 0 Å². The minimum absolute atomic E-state index is 0.0629. The van der Waals surface area contributed by atoms with Gasteiger partial charge in [-0.3, -0.25) is 14.5 Å². The van der Waals surface area contributed by atoms with Crippen molar-refractivity contribution in [2.24, 2.45) is 5.73 Å². The lowest BCUT2D eigenvalue weighted by molar-refractivity contribution is -0.143. The van der Waals surface area contributed by atoms with Crippen LogP contribution in [0.1, 0.15) is 13.3 Å². The lowest BCUT2D eigenvalue weighted by Gasteiger charge is -2.14. The molecule has 1 amide bonds. The van der Waals surface area contributed by atoms with E-state index < -0.39 is 5.97 Å². The van der Waals surface area contributed by atoms with Crippen LogP contribution in [0.4, 0.5) is 0 Å². The van der Waals surface area contributed by atoms with Crippen molar-refractivity contribution in [1.82, 2.24) is 10.2 Å². The maximum atomic E-state index is 11.4. The van der Waals surface area contributed by atoms with E-state index >= 15 is 0 Å². The normalized spacial score (nSPS) is 20.8. The highest BCUT2D eigenvalue weighted by atomic mass is 16.5. The Morgan fingerprint density at radius 3 is 2.88 bits per heavy atom. The zero-order valence-corrected chi connectivity index (χ0v) is 9.57. The van der Waals surface area contributed by atoms with Crippen LogP contribution in [0.2, 0.25) is 0 Å². The second-order valence-electron chi connectivity index (χ2n) is 3.87. The van der Waals surface area contributed by atoms with Crippen molar-refractivity contribution in [2.75, 3.05) is 32.8 Å². The number of hydrogen-bond donors (Lipinski definition) is 2. The van der Waals surface area contributed by atoms with Gasteiger partial charge in [0, 0.05) is 19.1 Å². The smallest absolute Gasteiger partial charge is 0.325 e. The molecule has 0 aliphatic carbocycles. The van der Waals surface area contributed by atoms with Gasteiger partial charge in [0.1, 0.15) is 6.54 Å². The fraction of sp³-hybridized carbons (Fsp3) is 0.800. The summed E-state index contributed by atoms with van der Waals surface area (Å²) in [6.45, 7) is 3.88. The monoisotopic (exact) mass is 229 g/mol. The largest absolute Gasteiger partial charge is 0.465 e. The van der Waals surface area contributed by atoms with Gasteiger partial charge >= 0.3 is 5.97 Å². The Morgan fingerprint density at radius 1 is 1.56 bits per heavy atom. The van der Waals surface area contributed by atoms with Crippen LogP contribution >= 0.6 is 0 Å². The molecule has 92 valence electrons. The van der Waals surface area contributed by atoms with Gasteiger partial charge in [-0.25, -0.2) is 0 Å². The molecule has 0 spiro atoms. The number of esters is 1. The van der Waals surface area contributed by atoms with E-state index in [1.807, 2.05) is 4.90 Å².